The van der Waals surface area contributed by atoms with E-state index in [0.717, 1.165) is 0 Å². The van der Waals surface area contributed by atoms with E-state index in [2.05, 4.69) is 5.32 Å². The van der Waals surface area contributed by atoms with Gasteiger partial charge in [0.15, 0.2) is 0 Å². The van der Waals surface area contributed by atoms with Gasteiger partial charge in [-0.15, -0.1) is 0 Å². The molecule has 1 aliphatic rings. The molecule has 21 heavy (non-hydrogen) atoms. The van der Waals surface area contributed by atoms with Gasteiger partial charge in [0, 0.05) is 18.9 Å². The Hall–Kier alpha value is -1.27. The van der Waals surface area contributed by atoms with Crippen molar-refractivity contribution in [2.75, 3.05) is 6.54 Å². The molecule has 0 radical (unpaired) electrons. The predicted octanol–water partition coefficient (Wildman–Crippen LogP) is 2.97. The Morgan fingerprint density at radius 3 is 2.57 bits per heavy atom. The monoisotopic (exact) mass is 309 g/mol. The lowest BCUT2D eigenvalue weighted by Crippen LogP contribution is -2.38. The Morgan fingerprint density at radius 1 is 1.33 bits per heavy atom. The van der Waals surface area contributed by atoms with E-state index in [4.69, 9.17) is 5.11 Å². The first-order valence-electron chi connectivity index (χ1n) is 7.26. The first-order valence-corrected chi connectivity index (χ1v) is 7.26. The molecular formula is C14H22F3NO3. The second-order valence-electron chi connectivity index (χ2n) is 5.88. The summed E-state index contributed by atoms with van der Waals surface area (Å²) in [5, 5.41) is 11.2. The first kappa shape index (κ1) is 17.8. The van der Waals surface area contributed by atoms with Gasteiger partial charge in [-0.05, 0) is 31.6 Å². The van der Waals surface area contributed by atoms with Gasteiger partial charge < -0.3 is 10.4 Å². The third-order valence-electron chi connectivity index (χ3n) is 3.98. The maximum atomic E-state index is 12.7. The number of carbonyl (C=O) groups excluding carboxylic acids is 1. The highest BCUT2D eigenvalue weighted by atomic mass is 19.4. The SMILES string of the molecule is CC(CCC(=O)O)CNC(=O)C1CCCC(C(F)(F)F)C1. The Bertz CT molecular complexity index is 371. The number of halogens is 3. The number of hydrogen-bond acceptors (Lipinski definition) is 2. The fourth-order valence-electron chi connectivity index (χ4n) is 2.62. The summed E-state index contributed by atoms with van der Waals surface area (Å²) < 4.78 is 38.0. The van der Waals surface area contributed by atoms with Crippen molar-refractivity contribution in [1.29, 1.82) is 0 Å². The van der Waals surface area contributed by atoms with E-state index in [-0.39, 0.29) is 31.1 Å². The van der Waals surface area contributed by atoms with Crippen molar-refractivity contribution in [3.8, 4) is 0 Å². The van der Waals surface area contributed by atoms with Gasteiger partial charge in [0.25, 0.3) is 0 Å². The fraction of sp³-hybridized carbons (Fsp3) is 0.857. The van der Waals surface area contributed by atoms with Crippen LogP contribution in [-0.4, -0.2) is 29.7 Å². The normalized spacial score (nSPS) is 24.4. The lowest BCUT2D eigenvalue weighted by molar-refractivity contribution is -0.186. The van der Waals surface area contributed by atoms with Crippen molar-refractivity contribution >= 4 is 11.9 Å². The van der Waals surface area contributed by atoms with Crippen LogP contribution >= 0.6 is 0 Å². The van der Waals surface area contributed by atoms with Gasteiger partial charge >= 0.3 is 12.1 Å². The van der Waals surface area contributed by atoms with Gasteiger partial charge in [-0.1, -0.05) is 13.3 Å². The lowest BCUT2D eigenvalue weighted by Gasteiger charge is -2.30. The van der Waals surface area contributed by atoms with Crippen LogP contribution in [0.3, 0.4) is 0 Å². The minimum absolute atomic E-state index is 0.00736. The molecule has 1 saturated carbocycles. The van der Waals surface area contributed by atoms with Crippen LogP contribution in [-0.2, 0) is 9.59 Å². The maximum Gasteiger partial charge on any atom is 0.391 e. The molecule has 2 N–H and O–H groups in total. The minimum atomic E-state index is -4.23. The fourth-order valence-corrected chi connectivity index (χ4v) is 2.62. The highest BCUT2D eigenvalue weighted by molar-refractivity contribution is 5.78. The zero-order valence-corrected chi connectivity index (χ0v) is 12.1. The number of carbonyl (C=O) groups is 2. The summed E-state index contributed by atoms with van der Waals surface area (Å²) in [4.78, 5) is 22.3. The number of aliphatic carboxylic acids is 1. The molecule has 0 aromatic carbocycles. The van der Waals surface area contributed by atoms with Crippen LogP contribution in [0.2, 0.25) is 0 Å². The standard InChI is InChI=1S/C14H22F3NO3/c1-9(5-6-12(19)20)8-18-13(21)10-3-2-4-11(7-10)14(15,16)17/h9-11H,2-8H2,1H3,(H,18,21)(H,19,20). The van der Waals surface area contributed by atoms with Crippen LogP contribution in [0.25, 0.3) is 0 Å². The summed E-state index contributed by atoms with van der Waals surface area (Å²) >= 11 is 0. The van der Waals surface area contributed by atoms with E-state index in [1.54, 1.807) is 0 Å². The molecule has 122 valence electrons. The van der Waals surface area contributed by atoms with Gasteiger partial charge in [0.05, 0.1) is 5.92 Å². The molecule has 0 bridgehead atoms. The lowest BCUT2D eigenvalue weighted by atomic mass is 9.80. The predicted molar refractivity (Wildman–Crippen MR) is 70.5 cm³/mol. The summed E-state index contributed by atoms with van der Waals surface area (Å²) in [6, 6.07) is 0. The zero-order chi connectivity index (χ0) is 16.0. The van der Waals surface area contributed by atoms with E-state index in [1.165, 1.54) is 0 Å². The van der Waals surface area contributed by atoms with Crippen LogP contribution in [0.15, 0.2) is 0 Å². The zero-order valence-electron chi connectivity index (χ0n) is 12.1. The summed E-state index contributed by atoms with van der Waals surface area (Å²) in [5.74, 6) is -3.21. The minimum Gasteiger partial charge on any atom is -0.481 e. The van der Waals surface area contributed by atoms with E-state index >= 15 is 0 Å². The average molecular weight is 309 g/mol. The van der Waals surface area contributed by atoms with Crippen molar-refractivity contribution in [3.63, 3.8) is 0 Å². The summed E-state index contributed by atoms with van der Waals surface area (Å²) in [5.41, 5.74) is 0. The number of carboxylic acid groups (broad SMARTS) is 1. The van der Waals surface area contributed by atoms with E-state index in [0.29, 0.717) is 25.8 Å². The molecular weight excluding hydrogens is 287 g/mol. The van der Waals surface area contributed by atoms with Gasteiger partial charge in [-0.2, -0.15) is 13.2 Å². The van der Waals surface area contributed by atoms with Gasteiger partial charge in [-0.25, -0.2) is 0 Å². The Kier molecular flexibility index (Phi) is 6.48. The number of nitrogens with one attached hydrogen (secondary N) is 1. The molecule has 4 nitrogen and oxygen atoms in total. The number of amides is 1. The molecule has 1 fully saturated rings. The van der Waals surface area contributed by atoms with Gasteiger partial charge in [-0.3, -0.25) is 9.59 Å². The van der Waals surface area contributed by atoms with Crippen molar-refractivity contribution in [1.82, 2.24) is 5.32 Å². The third-order valence-corrected chi connectivity index (χ3v) is 3.98. The van der Waals surface area contributed by atoms with Crippen LogP contribution in [0.5, 0.6) is 0 Å². The van der Waals surface area contributed by atoms with Crippen LogP contribution in [0.4, 0.5) is 13.2 Å². The molecule has 0 aromatic rings. The molecule has 0 spiro atoms. The second-order valence-corrected chi connectivity index (χ2v) is 5.88. The highest BCUT2D eigenvalue weighted by Gasteiger charge is 2.43. The van der Waals surface area contributed by atoms with Crippen LogP contribution < -0.4 is 5.32 Å². The average Bonchev–Trinajstić information content (AvgIpc) is 2.41. The topological polar surface area (TPSA) is 66.4 Å². The summed E-state index contributed by atoms with van der Waals surface area (Å²) in [7, 11) is 0. The number of hydrogen-bond donors (Lipinski definition) is 2. The molecule has 3 unspecified atom stereocenters. The molecule has 3 atom stereocenters. The maximum absolute atomic E-state index is 12.7. The van der Waals surface area contributed by atoms with E-state index in [1.807, 2.05) is 6.92 Å². The summed E-state index contributed by atoms with van der Waals surface area (Å²) in [6.45, 7) is 2.11. The first-order chi connectivity index (χ1) is 9.70. The number of rotatable bonds is 6. The molecule has 0 saturated heterocycles. The highest BCUT2D eigenvalue weighted by Crippen LogP contribution is 2.39. The quantitative estimate of drug-likeness (QED) is 0.792. The molecule has 1 rings (SSSR count). The van der Waals surface area contributed by atoms with Crippen molar-refractivity contribution in [2.45, 2.75) is 51.6 Å². The van der Waals surface area contributed by atoms with E-state index < -0.39 is 24.0 Å². The van der Waals surface area contributed by atoms with E-state index in [9.17, 15) is 22.8 Å². The Labute approximate surface area is 122 Å². The van der Waals surface area contributed by atoms with Crippen LogP contribution in [0, 0.1) is 17.8 Å². The number of alkyl halides is 3. The van der Waals surface area contributed by atoms with Crippen molar-refractivity contribution in [2.24, 2.45) is 17.8 Å². The summed E-state index contributed by atoms with van der Waals surface area (Å²) in [6.07, 6.45) is -2.91. The molecule has 1 aliphatic carbocycles. The molecule has 1 amide bonds. The largest absolute Gasteiger partial charge is 0.481 e. The van der Waals surface area contributed by atoms with Gasteiger partial charge in [0.1, 0.15) is 0 Å². The van der Waals surface area contributed by atoms with Crippen LogP contribution in [0.1, 0.15) is 45.4 Å². The molecule has 7 heteroatoms. The second kappa shape index (κ2) is 7.66. The molecule has 0 heterocycles. The van der Waals surface area contributed by atoms with Gasteiger partial charge in [0.2, 0.25) is 5.91 Å². The Morgan fingerprint density at radius 2 is 2.00 bits per heavy atom. The van der Waals surface area contributed by atoms with Crippen molar-refractivity contribution in [3.05, 3.63) is 0 Å². The smallest absolute Gasteiger partial charge is 0.391 e. The Balaban J connectivity index is 2.36. The van der Waals surface area contributed by atoms with Crippen molar-refractivity contribution < 1.29 is 27.9 Å². The number of carboxylic acids is 1. The third kappa shape index (κ3) is 6.35. The molecule has 0 aliphatic heterocycles. The molecule has 0 aromatic heterocycles.